The molecule has 16 N–H and O–H groups in total. The Morgan fingerprint density at radius 2 is 1.28 bits per heavy atom. The van der Waals surface area contributed by atoms with Crippen LogP contribution in [0.2, 0.25) is 0 Å². The summed E-state index contributed by atoms with van der Waals surface area (Å²) in [4.78, 5) is 27.1. The number of aliphatic carboxylic acids is 1. The van der Waals surface area contributed by atoms with Gasteiger partial charge in [0.05, 0.1) is 36.9 Å². The van der Waals surface area contributed by atoms with Gasteiger partial charge in [0.15, 0.2) is 12.6 Å². The molecule has 0 aromatic heterocycles. The molecule has 446 valence electrons. The van der Waals surface area contributed by atoms with Gasteiger partial charge in [-0.15, -0.1) is 0 Å². The van der Waals surface area contributed by atoms with Crippen molar-refractivity contribution in [3.05, 3.63) is 48.0 Å². The van der Waals surface area contributed by atoms with E-state index in [1.165, 1.54) is 0 Å². The zero-order valence-electron chi connectivity index (χ0n) is 44.2. The summed E-state index contributed by atoms with van der Waals surface area (Å²) in [6, 6.07) is 7.21. The number of ether oxygens (including phenoxy) is 7. The van der Waals surface area contributed by atoms with E-state index in [4.69, 9.17) is 33.2 Å². The van der Waals surface area contributed by atoms with Crippen molar-refractivity contribution in [2.75, 3.05) is 19.8 Å². The predicted octanol–water partition coefficient (Wildman–Crippen LogP) is -3.98. The molecule has 5 saturated carbocycles. The molecule has 29 atom stereocenters. The molecule has 5 aliphatic carbocycles. The Labute approximate surface area is 456 Å². The van der Waals surface area contributed by atoms with E-state index in [2.05, 4.69) is 18.8 Å². The molecule has 1 aromatic carbocycles. The Morgan fingerprint density at radius 1 is 0.684 bits per heavy atom. The highest BCUT2D eigenvalue weighted by Crippen LogP contribution is 2.72. The Morgan fingerprint density at radius 3 is 1.87 bits per heavy atom. The molecule has 0 amide bonds. The first kappa shape index (κ1) is 60.6. The molecule has 8 aliphatic rings. The third kappa shape index (κ3) is 11.2. The van der Waals surface area contributed by atoms with E-state index in [9.17, 15) is 86.2 Å². The van der Waals surface area contributed by atoms with E-state index in [-0.39, 0.29) is 36.0 Å². The van der Waals surface area contributed by atoms with Gasteiger partial charge in [0.2, 0.25) is 6.29 Å². The fraction of sp³-hybridized carbons (Fsp3) is 0.815. The third-order valence-electron chi connectivity index (χ3n) is 19.6. The van der Waals surface area contributed by atoms with Crippen molar-refractivity contribution in [1.82, 2.24) is 5.32 Å². The fourth-order valence-electron chi connectivity index (χ4n) is 15.3. The van der Waals surface area contributed by atoms with Gasteiger partial charge >= 0.3 is 11.9 Å². The van der Waals surface area contributed by atoms with Crippen molar-refractivity contribution in [2.24, 2.45) is 39.9 Å². The Balaban J connectivity index is 0.967. The largest absolute Gasteiger partial charge is 0.480 e. The number of rotatable bonds is 17. The summed E-state index contributed by atoms with van der Waals surface area (Å²) in [5, 5.41) is 165. The van der Waals surface area contributed by atoms with E-state index in [0.717, 1.165) is 5.57 Å². The normalized spacial score (nSPS) is 48.8. The second-order valence-corrected chi connectivity index (χ2v) is 24.2. The minimum atomic E-state index is -1.98. The highest BCUT2D eigenvalue weighted by Gasteiger charge is 2.68. The molecule has 9 rings (SSSR count). The van der Waals surface area contributed by atoms with E-state index in [0.29, 0.717) is 56.9 Å². The first-order chi connectivity index (χ1) is 37.4. The van der Waals surface area contributed by atoms with Crippen molar-refractivity contribution < 1.29 is 119 Å². The summed E-state index contributed by atoms with van der Waals surface area (Å²) < 4.78 is 43.0. The van der Waals surface area contributed by atoms with Crippen molar-refractivity contribution in [1.29, 1.82) is 0 Å². The summed E-state index contributed by atoms with van der Waals surface area (Å²) in [6.45, 7) is 6.22. The van der Waals surface area contributed by atoms with Crippen LogP contribution in [0.5, 0.6) is 0 Å². The number of hydrogen-bond acceptors (Lipinski definition) is 24. The molecule has 3 aliphatic heterocycles. The zero-order chi connectivity index (χ0) is 57.2. The van der Waals surface area contributed by atoms with Gasteiger partial charge in [-0.25, -0.2) is 0 Å². The number of carbonyl (C=O) groups excluding carboxylic acids is 1. The highest BCUT2D eigenvalue weighted by atomic mass is 16.7. The average Bonchev–Trinajstić information content (AvgIpc) is 3.91. The van der Waals surface area contributed by atoms with Gasteiger partial charge in [0, 0.05) is 18.4 Å². The number of carboxylic acids is 1. The first-order valence-corrected chi connectivity index (χ1v) is 27.6. The van der Waals surface area contributed by atoms with Crippen LogP contribution in [0.25, 0.3) is 0 Å². The molecule has 2 bridgehead atoms. The van der Waals surface area contributed by atoms with Gasteiger partial charge in [-0.05, 0) is 92.9 Å². The predicted molar refractivity (Wildman–Crippen MR) is 266 cm³/mol. The summed E-state index contributed by atoms with van der Waals surface area (Å²) in [7, 11) is 0. The van der Waals surface area contributed by atoms with Gasteiger partial charge < -0.3 is 110 Å². The maximum Gasteiger partial charge on any atom is 0.321 e. The van der Waals surface area contributed by atoms with Crippen LogP contribution in [0.1, 0.15) is 77.2 Å². The van der Waals surface area contributed by atoms with Crippen LogP contribution in [0.4, 0.5) is 0 Å². The van der Waals surface area contributed by atoms with Gasteiger partial charge in [-0.3, -0.25) is 14.9 Å². The number of aliphatic hydroxyl groups is 14. The topological polar surface area (TPSA) is 414 Å². The lowest BCUT2D eigenvalue weighted by Gasteiger charge is -2.64. The number of benzene rings is 1. The van der Waals surface area contributed by atoms with Gasteiger partial charge in [-0.2, -0.15) is 0 Å². The van der Waals surface area contributed by atoms with Crippen LogP contribution in [0.15, 0.2) is 42.5 Å². The lowest BCUT2D eigenvalue weighted by Crippen LogP contribution is -2.66. The minimum Gasteiger partial charge on any atom is -0.480 e. The van der Waals surface area contributed by atoms with Crippen molar-refractivity contribution in [2.45, 2.75) is 213 Å². The molecule has 1 spiro atoms. The monoisotopic (exact) mass is 1130 g/mol. The summed E-state index contributed by atoms with van der Waals surface area (Å²) in [6.07, 6.45) is -31.4. The van der Waals surface area contributed by atoms with E-state index >= 15 is 0 Å². The molecule has 0 radical (unpaired) electrons. The molecule has 3 heterocycles. The molecule has 7 unspecified atom stereocenters. The molecule has 1 aromatic rings. The van der Waals surface area contributed by atoms with Gasteiger partial charge in [0.25, 0.3) is 0 Å². The number of aliphatic hydroxyl groups excluding tert-OH is 14. The smallest absolute Gasteiger partial charge is 0.321 e. The van der Waals surface area contributed by atoms with E-state index in [1.54, 1.807) is 37.3 Å². The van der Waals surface area contributed by atoms with Crippen molar-refractivity contribution >= 4 is 11.9 Å². The Kier molecular flexibility index (Phi) is 18.4. The number of carboxylic acid groups (broad SMARTS) is 1. The molecule has 8 fully saturated rings. The lowest BCUT2D eigenvalue weighted by molar-refractivity contribution is -0.364. The van der Waals surface area contributed by atoms with Crippen LogP contribution < -0.4 is 5.32 Å². The molecule has 3 saturated heterocycles. The maximum absolute atomic E-state index is 14.9. The second kappa shape index (κ2) is 24.0. The summed E-state index contributed by atoms with van der Waals surface area (Å²) >= 11 is 0. The number of fused-ring (bicyclic) bond motifs is 3. The SMILES string of the molecule is C=C1CC23CC[C@H]4[C@@](C)(CCC[C@@]4(C)C(=O)OC4OC(C(O)N[C@H](Cc5ccccc5)C(=O)O)[C@@H](O)[C@H](O)[C@H]4O)[C@@H]2CC(O[C@@H]2C[C@H](CO)[C@@H](O)C(O[C@@H]4O[C@H](CO)[C@@H](O)[C@H](O)[C@H]4O)[C@H]2O[C@@H]2O[C@H](CO)[C@@H](O)[C@H](O)[C@H]2O)C1C3. The van der Waals surface area contributed by atoms with Gasteiger partial charge in [0.1, 0.15) is 97.7 Å². The first-order valence-electron chi connectivity index (χ1n) is 27.6. The number of hydrogen-bond donors (Lipinski definition) is 16. The van der Waals surface area contributed by atoms with Crippen LogP contribution in [-0.4, -0.2) is 243 Å². The van der Waals surface area contributed by atoms with Crippen molar-refractivity contribution in [3.8, 4) is 0 Å². The van der Waals surface area contributed by atoms with Crippen molar-refractivity contribution in [3.63, 3.8) is 0 Å². The quantitative estimate of drug-likeness (QED) is 0.0402. The standard InChI is InChI=1S/C54H81NO24/c1-22-17-54-13-10-31-52(2,11-7-12-53(31,3)51(72)79-50-42(68)38(64)39(65)45(78-50)46(69)55-26(47(70)71)14-23-8-5-4-6-9-23)32(54)16-27(25(22)18-54)73-28-15-24(19-56)33(59)44(77-49-41(67)37(63)35(61)30(21-58)75-49)43(28)76-48-40(66)36(62)34(60)29(20-57)74-48/h4-6,8-9,24-46,48-50,55-69H,1,7,10-21H2,2-3H3,(H,70,71)/t24-,25?,26-,27?,28-,29-,30-,31+,32+,33-,34-,35-,36+,37+,38+,39+,40-,41-,42-,43+,44?,45?,46?,48+,49+,50?,52-,53-,54?/m1/s1. The summed E-state index contributed by atoms with van der Waals surface area (Å²) in [5.41, 5.74) is -0.547. The highest BCUT2D eigenvalue weighted by molar-refractivity contribution is 5.77. The fourth-order valence-corrected chi connectivity index (χ4v) is 15.3. The number of esters is 1. The molecular formula is C54H81NO24. The van der Waals surface area contributed by atoms with E-state index < -0.39 is 183 Å². The average molecular weight is 1130 g/mol. The molecule has 25 heteroatoms. The molecule has 79 heavy (non-hydrogen) atoms. The van der Waals surface area contributed by atoms with E-state index in [1.807, 2.05) is 0 Å². The lowest BCUT2D eigenvalue weighted by atomic mass is 9.40. The Bertz CT molecular complexity index is 2270. The number of nitrogens with one attached hydrogen (secondary N) is 1. The van der Waals surface area contributed by atoms with Crippen LogP contribution >= 0.6 is 0 Å². The summed E-state index contributed by atoms with van der Waals surface area (Å²) in [5.74, 6) is -3.81. The van der Waals surface area contributed by atoms with Crippen LogP contribution in [-0.2, 0) is 49.2 Å². The van der Waals surface area contributed by atoms with Gasteiger partial charge in [-0.1, -0.05) is 55.8 Å². The number of carbonyl (C=O) groups is 2. The Hall–Kier alpha value is -2.94. The third-order valence-corrected chi connectivity index (χ3v) is 19.6. The zero-order valence-corrected chi connectivity index (χ0v) is 44.2. The maximum atomic E-state index is 14.9. The van der Waals surface area contributed by atoms with Crippen LogP contribution in [0.3, 0.4) is 0 Å². The molecular weight excluding hydrogens is 1050 g/mol. The van der Waals surface area contributed by atoms with Crippen LogP contribution in [0, 0.1) is 39.9 Å². The second-order valence-electron chi connectivity index (χ2n) is 24.2. The minimum absolute atomic E-state index is 0.0681. The molecule has 25 nitrogen and oxygen atoms in total.